The van der Waals surface area contributed by atoms with Crippen molar-refractivity contribution >= 4 is 25.8 Å². The Morgan fingerprint density at radius 2 is 1.90 bits per heavy atom. The lowest BCUT2D eigenvalue weighted by molar-refractivity contribution is 0.136. The lowest BCUT2D eigenvalue weighted by Gasteiger charge is -2.22. The van der Waals surface area contributed by atoms with Gasteiger partial charge in [0, 0.05) is 17.2 Å². The molecule has 0 saturated carbocycles. The number of alkyl carbamates (subject to hydrolysis) is 1. The van der Waals surface area contributed by atoms with Gasteiger partial charge in [-0.3, -0.25) is 0 Å². The third kappa shape index (κ3) is 7.35. The Morgan fingerprint density at radius 1 is 1.30 bits per heavy atom. The summed E-state index contributed by atoms with van der Waals surface area (Å²) < 4.78 is 27.1. The van der Waals surface area contributed by atoms with E-state index in [4.69, 9.17) is 15.4 Å². The van der Waals surface area contributed by atoms with Crippen molar-refractivity contribution in [2.45, 2.75) is 20.5 Å². The van der Waals surface area contributed by atoms with Crippen molar-refractivity contribution in [2.24, 2.45) is 5.41 Å². The van der Waals surface area contributed by atoms with Crippen LogP contribution in [-0.4, -0.2) is 26.8 Å². The molecule has 0 atom stereocenters. The third-order valence-electron chi connectivity index (χ3n) is 2.49. The number of nitrogens with one attached hydrogen (secondary N) is 1. The Hall–Kier alpha value is -1.27. The zero-order valence-corrected chi connectivity index (χ0v) is 13.0. The van der Waals surface area contributed by atoms with E-state index in [2.05, 4.69) is 5.32 Å². The summed E-state index contributed by atoms with van der Waals surface area (Å²) in [6.45, 7) is 3.72. The maximum Gasteiger partial charge on any atom is 0.407 e. The second-order valence-electron chi connectivity index (χ2n) is 5.26. The number of carbonyl (C=O) groups is 1. The average molecular weight is 320 g/mol. The van der Waals surface area contributed by atoms with Crippen LogP contribution in [0.15, 0.2) is 30.3 Å². The molecule has 0 aliphatic rings. The first-order valence-electron chi connectivity index (χ1n) is 6.05. The quantitative estimate of drug-likeness (QED) is 0.818. The van der Waals surface area contributed by atoms with E-state index in [0.29, 0.717) is 0 Å². The molecule has 0 spiro atoms. The van der Waals surface area contributed by atoms with Gasteiger partial charge in [0.2, 0.25) is 9.05 Å². The standard InChI is InChI=1S/C13H18ClNO4S/c1-13(2,10-20(14,17)18)9-15-12(16)19-8-11-6-4-3-5-7-11/h3-7H,8-10H2,1-2H3,(H,15,16). The first-order valence-corrected chi connectivity index (χ1v) is 8.53. The molecule has 1 rings (SSSR count). The number of ether oxygens (including phenoxy) is 1. The minimum atomic E-state index is -3.60. The van der Waals surface area contributed by atoms with Gasteiger partial charge in [-0.15, -0.1) is 0 Å². The number of amides is 1. The van der Waals surface area contributed by atoms with Crippen molar-refractivity contribution in [2.75, 3.05) is 12.3 Å². The molecule has 1 N–H and O–H groups in total. The molecule has 1 aromatic carbocycles. The molecule has 5 nitrogen and oxygen atoms in total. The SMILES string of the molecule is CC(C)(CNC(=O)OCc1ccccc1)CS(=O)(=O)Cl. The summed E-state index contributed by atoms with van der Waals surface area (Å²) in [4.78, 5) is 11.5. The molecule has 112 valence electrons. The van der Waals surface area contributed by atoms with Crippen LogP contribution in [0.1, 0.15) is 19.4 Å². The van der Waals surface area contributed by atoms with E-state index in [1.165, 1.54) is 0 Å². The molecular weight excluding hydrogens is 302 g/mol. The van der Waals surface area contributed by atoms with E-state index in [-0.39, 0.29) is 18.9 Å². The molecule has 1 aromatic rings. The Bertz CT molecular complexity index is 543. The highest BCUT2D eigenvalue weighted by Crippen LogP contribution is 2.18. The van der Waals surface area contributed by atoms with Gasteiger partial charge in [-0.05, 0) is 11.0 Å². The summed E-state index contributed by atoms with van der Waals surface area (Å²) in [5.74, 6) is -0.222. The van der Waals surface area contributed by atoms with Crippen molar-refractivity contribution in [3.63, 3.8) is 0 Å². The van der Waals surface area contributed by atoms with Gasteiger partial charge in [-0.25, -0.2) is 13.2 Å². The summed E-state index contributed by atoms with van der Waals surface area (Å²) >= 11 is 0. The monoisotopic (exact) mass is 319 g/mol. The van der Waals surface area contributed by atoms with Gasteiger partial charge in [-0.1, -0.05) is 44.2 Å². The Balaban J connectivity index is 2.36. The van der Waals surface area contributed by atoms with Gasteiger partial charge in [0.15, 0.2) is 0 Å². The maximum atomic E-state index is 11.5. The maximum absolute atomic E-state index is 11.5. The highest BCUT2D eigenvalue weighted by Gasteiger charge is 2.25. The molecule has 0 fully saturated rings. The Labute approximate surface area is 123 Å². The predicted molar refractivity (Wildman–Crippen MR) is 78.1 cm³/mol. The fourth-order valence-electron chi connectivity index (χ4n) is 1.60. The molecular formula is C13H18ClNO4S. The lowest BCUT2D eigenvalue weighted by Crippen LogP contribution is -2.37. The van der Waals surface area contributed by atoms with Gasteiger partial charge >= 0.3 is 6.09 Å². The van der Waals surface area contributed by atoms with Crippen LogP contribution in [0, 0.1) is 5.41 Å². The van der Waals surface area contributed by atoms with E-state index in [1.807, 2.05) is 30.3 Å². The molecule has 0 unspecified atom stereocenters. The van der Waals surface area contributed by atoms with E-state index < -0.39 is 20.6 Å². The van der Waals surface area contributed by atoms with Crippen LogP contribution < -0.4 is 5.32 Å². The lowest BCUT2D eigenvalue weighted by atomic mass is 9.97. The van der Waals surface area contributed by atoms with Crippen LogP contribution in [0.3, 0.4) is 0 Å². The molecule has 0 bridgehead atoms. The summed E-state index contributed by atoms with van der Waals surface area (Å²) in [7, 11) is 1.60. The number of hydrogen-bond acceptors (Lipinski definition) is 4. The van der Waals surface area contributed by atoms with E-state index in [0.717, 1.165) is 5.56 Å². The van der Waals surface area contributed by atoms with E-state index in [1.54, 1.807) is 13.8 Å². The van der Waals surface area contributed by atoms with Gasteiger partial charge < -0.3 is 10.1 Å². The third-order valence-corrected chi connectivity index (χ3v) is 3.94. The smallest absolute Gasteiger partial charge is 0.407 e. The molecule has 0 aliphatic heterocycles. The van der Waals surface area contributed by atoms with Gasteiger partial charge in [0.05, 0.1) is 5.75 Å². The molecule has 0 aliphatic carbocycles. The number of halogens is 1. The minimum absolute atomic E-state index is 0.159. The zero-order chi connectivity index (χ0) is 15.2. The predicted octanol–water partition coefficient (Wildman–Crippen LogP) is 2.51. The number of carbonyl (C=O) groups excluding carboxylic acids is 1. The highest BCUT2D eigenvalue weighted by molar-refractivity contribution is 8.13. The first kappa shape index (κ1) is 16.8. The van der Waals surface area contributed by atoms with Crippen molar-refractivity contribution < 1.29 is 17.9 Å². The van der Waals surface area contributed by atoms with E-state index in [9.17, 15) is 13.2 Å². The number of benzene rings is 1. The summed E-state index contributed by atoms with van der Waals surface area (Å²) in [5.41, 5.74) is 0.219. The Kier molecular flexibility index (Phi) is 5.83. The highest BCUT2D eigenvalue weighted by atomic mass is 35.7. The van der Waals surface area contributed by atoms with Crippen LogP contribution in [0.2, 0.25) is 0 Å². The Morgan fingerprint density at radius 3 is 2.45 bits per heavy atom. The molecule has 20 heavy (non-hydrogen) atoms. The van der Waals surface area contributed by atoms with E-state index >= 15 is 0 Å². The molecule has 0 radical (unpaired) electrons. The largest absolute Gasteiger partial charge is 0.445 e. The molecule has 1 amide bonds. The minimum Gasteiger partial charge on any atom is -0.445 e. The molecule has 0 heterocycles. The first-order chi connectivity index (χ1) is 9.18. The van der Waals surface area contributed by atoms with Crippen molar-refractivity contribution in [1.29, 1.82) is 0 Å². The molecule has 0 saturated heterocycles. The second-order valence-corrected chi connectivity index (χ2v) is 8.04. The van der Waals surface area contributed by atoms with Gasteiger partial charge in [-0.2, -0.15) is 0 Å². The zero-order valence-electron chi connectivity index (χ0n) is 11.4. The average Bonchev–Trinajstić information content (AvgIpc) is 2.32. The molecule has 0 aromatic heterocycles. The van der Waals surface area contributed by atoms with Crippen LogP contribution in [-0.2, 0) is 20.4 Å². The van der Waals surface area contributed by atoms with Crippen LogP contribution in [0.25, 0.3) is 0 Å². The number of rotatable bonds is 6. The van der Waals surface area contributed by atoms with Gasteiger partial charge in [0.1, 0.15) is 6.61 Å². The van der Waals surface area contributed by atoms with Crippen LogP contribution >= 0.6 is 10.7 Å². The normalized spacial score (nSPS) is 11.9. The summed E-state index contributed by atoms with van der Waals surface area (Å²) in [5, 5.41) is 2.53. The van der Waals surface area contributed by atoms with Gasteiger partial charge in [0.25, 0.3) is 0 Å². The second kappa shape index (κ2) is 6.95. The van der Waals surface area contributed by atoms with Crippen molar-refractivity contribution in [3.8, 4) is 0 Å². The van der Waals surface area contributed by atoms with Crippen LogP contribution in [0.5, 0.6) is 0 Å². The van der Waals surface area contributed by atoms with Crippen LogP contribution in [0.4, 0.5) is 4.79 Å². The summed E-state index contributed by atoms with van der Waals surface area (Å²) in [6.07, 6.45) is -0.589. The van der Waals surface area contributed by atoms with Crippen molar-refractivity contribution in [3.05, 3.63) is 35.9 Å². The fraction of sp³-hybridized carbons (Fsp3) is 0.462. The topological polar surface area (TPSA) is 72.5 Å². The summed E-state index contributed by atoms with van der Waals surface area (Å²) in [6, 6.07) is 9.27. The number of hydrogen-bond donors (Lipinski definition) is 1. The molecule has 7 heteroatoms. The van der Waals surface area contributed by atoms with Crippen molar-refractivity contribution in [1.82, 2.24) is 5.32 Å². The fourth-order valence-corrected chi connectivity index (χ4v) is 3.52.